The van der Waals surface area contributed by atoms with E-state index in [0.717, 1.165) is 0 Å². The maximum Gasteiger partial charge on any atom is 0.00426 e. The molecule has 0 bridgehead atoms. The molecular weight excluding hydrogens is 163 g/mol. The van der Waals surface area contributed by atoms with E-state index in [-0.39, 0.29) is 0 Å². The summed E-state index contributed by atoms with van der Waals surface area (Å²) in [6, 6.07) is 0. The largest absolute Gasteiger partial charge is 0.0930 e. The number of hydrogen-bond donors (Lipinski definition) is 0. The van der Waals surface area contributed by atoms with Crippen LogP contribution in [-0.4, -0.2) is 0 Å². The van der Waals surface area contributed by atoms with Crippen LogP contribution in [0.1, 0.15) is 0 Å². The highest BCUT2D eigenvalue weighted by Gasteiger charge is 1.51. The Morgan fingerprint density at radius 2 is 2.00 bits per heavy atom. The van der Waals surface area contributed by atoms with Crippen LogP contribution in [0.2, 0.25) is 0 Å². The summed E-state index contributed by atoms with van der Waals surface area (Å²) in [5.74, 6) is 0. The maximum atomic E-state index is 5.13. The molecule has 0 amide bonds. The zero-order valence-corrected chi connectivity index (χ0v) is 5.41. The first-order valence-electron chi connectivity index (χ1n) is 1.44. The lowest BCUT2D eigenvalue weighted by atomic mass is 10.6. The van der Waals surface area contributed by atoms with Gasteiger partial charge in [0.05, 0.1) is 0 Å². The first kappa shape index (κ1) is 6.25. The molecular formula is C4H4BrCl. The summed E-state index contributed by atoms with van der Waals surface area (Å²) in [5.41, 5.74) is 1.44. The average Bonchev–Trinajstić information content (AvgIpc) is 1.61. The Kier molecular flexibility index (Phi) is 5.47. The van der Waals surface area contributed by atoms with Crippen molar-refractivity contribution in [1.29, 1.82) is 0 Å². The zero-order chi connectivity index (χ0) is 4.83. The highest BCUT2D eigenvalue weighted by Crippen LogP contribution is 1.84. The molecule has 0 aliphatic heterocycles. The van der Waals surface area contributed by atoms with Gasteiger partial charge in [0.15, 0.2) is 0 Å². The van der Waals surface area contributed by atoms with Gasteiger partial charge in [-0.15, -0.1) is 0 Å². The lowest BCUT2D eigenvalue weighted by Gasteiger charge is -1.59. The Labute approximate surface area is 50.6 Å². The minimum atomic E-state index is 1.44. The molecule has 0 heterocycles. The predicted molar refractivity (Wildman–Crippen MR) is 33.1 cm³/mol. The molecule has 0 radical (unpaired) electrons. The van der Waals surface area contributed by atoms with Gasteiger partial charge in [-0.3, -0.25) is 0 Å². The standard InChI is InChI=1S/C4H4BrCl/c5-3-1-2-4-6/h1-4H. The molecule has 0 aromatic rings. The summed E-state index contributed by atoms with van der Waals surface area (Å²) >= 11 is 8.19. The molecule has 0 saturated heterocycles. The minimum absolute atomic E-state index is 1.44. The van der Waals surface area contributed by atoms with Crippen molar-refractivity contribution in [2.24, 2.45) is 0 Å². The Morgan fingerprint density at radius 3 is 2.17 bits per heavy atom. The second-order valence-corrected chi connectivity index (χ2v) is 1.42. The molecule has 0 spiro atoms. The smallest absolute Gasteiger partial charge is 0.00426 e. The summed E-state index contributed by atoms with van der Waals surface area (Å²) in [5, 5.41) is 0. The first-order chi connectivity index (χ1) is 2.91. The Bertz CT molecular complexity index is 55.9. The fourth-order valence-corrected chi connectivity index (χ4v) is 0.344. The van der Waals surface area contributed by atoms with Crippen LogP contribution in [0.4, 0.5) is 0 Å². The third-order valence-corrected chi connectivity index (χ3v) is 0.707. The van der Waals surface area contributed by atoms with Crippen LogP contribution in [0.5, 0.6) is 0 Å². The van der Waals surface area contributed by atoms with Gasteiger partial charge in [-0.25, -0.2) is 0 Å². The Hall–Kier alpha value is 0.250. The minimum Gasteiger partial charge on any atom is -0.0930 e. The molecule has 0 nitrogen and oxygen atoms in total. The van der Waals surface area contributed by atoms with E-state index in [1.165, 1.54) is 5.54 Å². The third kappa shape index (κ3) is 4.25. The van der Waals surface area contributed by atoms with Gasteiger partial charge in [0.25, 0.3) is 0 Å². The van der Waals surface area contributed by atoms with Gasteiger partial charge >= 0.3 is 0 Å². The molecule has 0 aromatic carbocycles. The van der Waals surface area contributed by atoms with Crippen molar-refractivity contribution in [3.05, 3.63) is 22.7 Å². The van der Waals surface area contributed by atoms with Crippen molar-refractivity contribution in [1.82, 2.24) is 0 Å². The highest BCUT2D eigenvalue weighted by molar-refractivity contribution is 9.11. The van der Waals surface area contributed by atoms with Crippen LogP contribution in [0.25, 0.3) is 0 Å². The summed E-state index contributed by atoms with van der Waals surface area (Å²) < 4.78 is 0. The summed E-state index contributed by atoms with van der Waals surface area (Å²) in [6.07, 6.45) is 3.50. The van der Waals surface area contributed by atoms with Gasteiger partial charge in [-0.05, 0) is 4.99 Å². The SMILES string of the molecule is ClC=CC=CBr. The van der Waals surface area contributed by atoms with Crippen LogP contribution in [-0.2, 0) is 0 Å². The lowest BCUT2D eigenvalue weighted by molar-refractivity contribution is 2.10. The van der Waals surface area contributed by atoms with Crippen molar-refractivity contribution < 1.29 is 0 Å². The molecule has 6 heavy (non-hydrogen) atoms. The van der Waals surface area contributed by atoms with Crippen molar-refractivity contribution in [3.8, 4) is 0 Å². The fraction of sp³-hybridized carbons (Fsp3) is 0. The monoisotopic (exact) mass is 166 g/mol. The topological polar surface area (TPSA) is 0 Å². The molecule has 0 unspecified atom stereocenters. The fourth-order valence-electron chi connectivity index (χ4n) is 0.0840. The zero-order valence-electron chi connectivity index (χ0n) is 3.07. The molecule has 0 aliphatic carbocycles. The number of rotatable bonds is 1. The van der Waals surface area contributed by atoms with Gasteiger partial charge < -0.3 is 0 Å². The number of hydrogen-bond acceptors (Lipinski definition) is 0. The molecule has 0 aliphatic rings. The van der Waals surface area contributed by atoms with E-state index < -0.39 is 0 Å². The lowest BCUT2D eigenvalue weighted by Crippen LogP contribution is -1.34. The van der Waals surface area contributed by atoms with E-state index in [0.29, 0.717) is 0 Å². The number of allylic oxidation sites excluding steroid dienone is 2. The van der Waals surface area contributed by atoms with E-state index >= 15 is 0 Å². The van der Waals surface area contributed by atoms with Gasteiger partial charge in [0.2, 0.25) is 0 Å². The van der Waals surface area contributed by atoms with E-state index in [9.17, 15) is 0 Å². The van der Waals surface area contributed by atoms with Crippen LogP contribution in [0.3, 0.4) is 0 Å². The highest BCUT2D eigenvalue weighted by atomic mass is 79.9. The molecule has 0 fully saturated rings. The molecule has 0 N–H and O–H groups in total. The van der Waals surface area contributed by atoms with Gasteiger partial charge in [-0.2, -0.15) is 0 Å². The van der Waals surface area contributed by atoms with Crippen molar-refractivity contribution in [2.75, 3.05) is 0 Å². The van der Waals surface area contributed by atoms with E-state index in [2.05, 4.69) is 15.9 Å². The predicted octanol–water partition coefficient (Wildman–Crippen LogP) is 2.65. The molecule has 0 saturated carbocycles. The molecule has 0 atom stereocenters. The average molecular weight is 167 g/mol. The van der Waals surface area contributed by atoms with E-state index in [1.54, 1.807) is 17.1 Å². The Balaban J connectivity index is 3.07. The van der Waals surface area contributed by atoms with Crippen molar-refractivity contribution >= 4 is 27.5 Å². The van der Waals surface area contributed by atoms with Crippen LogP contribution in [0.15, 0.2) is 22.7 Å². The van der Waals surface area contributed by atoms with Crippen molar-refractivity contribution in [2.45, 2.75) is 0 Å². The molecule has 0 rings (SSSR count). The quantitative estimate of drug-likeness (QED) is 0.527. The van der Waals surface area contributed by atoms with Crippen LogP contribution >= 0.6 is 27.5 Å². The second kappa shape index (κ2) is 5.25. The summed E-state index contributed by atoms with van der Waals surface area (Å²) in [7, 11) is 0. The normalized spacial score (nSPS) is 11.7. The third-order valence-electron chi connectivity index (χ3n) is 0.257. The molecule has 0 aromatic heterocycles. The number of halogens is 2. The van der Waals surface area contributed by atoms with E-state index in [4.69, 9.17) is 11.6 Å². The summed E-state index contributed by atoms with van der Waals surface area (Å²) in [4.78, 5) is 1.73. The van der Waals surface area contributed by atoms with Crippen LogP contribution in [0, 0.1) is 0 Å². The maximum absolute atomic E-state index is 5.13. The summed E-state index contributed by atoms with van der Waals surface area (Å²) in [6.45, 7) is 0. The van der Waals surface area contributed by atoms with E-state index in [1.807, 2.05) is 0 Å². The molecule has 2 heteroatoms. The van der Waals surface area contributed by atoms with Crippen molar-refractivity contribution in [3.63, 3.8) is 0 Å². The van der Waals surface area contributed by atoms with Gasteiger partial charge in [0, 0.05) is 5.54 Å². The van der Waals surface area contributed by atoms with Gasteiger partial charge in [-0.1, -0.05) is 39.7 Å². The van der Waals surface area contributed by atoms with Crippen LogP contribution < -0.4 is 0 Å². The Morgan fingerprint density at radius 1 is 1.33 bits per heavy atom. The second-order valence-electron chi connectivity index (χ2n) is 0.637. The first-order valence-corrected chi connectivity index (χ1v) is 2.79. The van der Waals surface area contributed by atoms with Gasteiger partial charge in [0.1, 0.15) is 0 Å². The molecule has 34 valence electrons.